The molecule has 330 valence electrons. The van der Waals surface area contributed by atoms with Gasteiger partial charge in [-0.2, -0.15) is 0 Å². The zero-order valence-electron chi connectivity index (χ0n) is 35.3. The number of methoxy groups -OCH3 is 1. The molecule has 3 rings (SSSR count). The van der Waals surface area contributed by atoms with Crippen molar-refractivity contribution in [2.24, 2.45) is 17.8 Å². The molecule has 15 nitrogen and oxygen atoms in total. The Kier molecular flexibility index (Phi) is 19.2. The summed E-state index contributed by atoms with van der Waals surface area (Å²) < 4.78 is 27.2. The number of hydrogen-bond donors (Lipinski definition) is 4. The first-order valence-electron chi connectivity index (χ1n) is 19.7. The number of carbonyl (C=O) groups is 6. The van der Waals surface area contributed by atoms with Crippen LogP contribution in [0.3, 0.4) is 0 Å². The first-order valence-corrected chi connectivity index (χ1v) is 20.5. The van der Waals surface area contributed by atoms with Crippen LogP contribution in [0.15, 0.2) is 54.6 Å². The number of halogens is 2. The summed E-state index contributed by atoms with van der Waals surface area (Å²) in [6.45, 7) is 11.3. The summed E-state index contributed by atoms with van der Waals surface area (Å²) in [6, 6.07) is 10.5. The number of aliphatic hydroxyl groups is 1. The number of benzene rings is 2. The lowest BCUT2D eigenvalue weighted by Crippen LogP contribution is -2.49. The molecule has 0 bridgehead atoms. The van der Waals surface area contributed by atoms with Crippen LogP contribution in [-0.4, -0.2) is 91.1 Å². The van der Waals surface area contributed by atoms with Crippen molar-refractivity contribution in [3.8, 4) is 5.75 Å². The van der Waals surface area contributed by atoms with Gasteiger partial charge in [0.1, 0.15) is 36.6 Å². The highest BCUT2D eigenvalue weighted by Gasteiger charge is 2.36. The van der Waals surface area contributed by atoms with Gasteiger partial charge in [-0.05, 0) is 68.0 Å². The third-order valence-corrected chi connectivity index (χ3v) is 10.1. The molecule has 0 spiro atoms. The summed E-state index contributed by atoms with van der Waals surface area (Å²) in [5.74, 6) is -4.78. The molecule has 0 aliphatic carbocycles. The Bertz CT molecular complexity index is 1830. The maximum atomic E-state index is 13.7. The summed E-state index contributed by atoms with van der Waals surface area (Å²) in [4.78, 5) is 77.6. The Morgan fingerprint density at radius 3 is 2.28 bits per heavy atom. The minimum atomic E-state index is -1.30. The van der Waals surface area contributed by atoms with E-state index in [1.165, 1.54) is 26.2 Å². The number of hydrogen-bond acceptors (Lipinski definition) is 12. The highest BCUT2D eigenvalue weighted by Crippen LogP contribution is 2.32. The Morgan fingerprint density at radius 1 is 1.00 bits per heavy atom. The lowest BCUT2D eigenvalue weighted by Gasteiger charge is -2.31. The summed E-state index contributed by atoms with van der Waals surface area (Å²) in [5.41, 5.74) is 1.03. The fourth-order valence-corrected chi connectivity index (χ4v) is 6.55. The minimum absolute atomic E-state index is 0.0578. The smallest absolute Gasteiger partial charge is 0.408 e. The molecule has 4 N–H and O–H groups in total. The SMILES string of the molecule is COc1ccc(CC2NC(=O)/C=C/CC(C(C)C(O)C(Cl)c3ccc(COC(=O)CNC(=O)OC(C)(C)C)cc3)OC(=O)C(CC(C)C)OC(=O)C(C)CNC2=O)cc1Cl. The molecule has 0 radical (unpaired) electrons. The van der Waals surface area contributed by atoms with Crippen LogP contribution in [-0.2, 0) is 55.9 Å². The van der Waals surface area contributed by atoms with Crippen molar-refractivity contribution in [1.29, 1.82) is 0 Å². The van der Waals surface area contributed by atoms with Crippen LogP contribution in [0, 0.1) is 17.8 Å². The molecule has 1 aliphatic rings. The highest BCUT2D eigenvalue weighted by atomic mass is 35.5. The molecule has 0 saturated heterocycles. The van der Waals surface area contributed by atoms with Gasteiger partial charge in [-0.1, -0.05) is 75.7 Å². The van der Waals surface area contributed by atoms with E-state index in [-0.39, 0.29) is 44.9 Å². The summed E-state index contributed by atoms with van der Waals surface area (Å²) >= 11 is 13.1. The molecule has 0 fully saturated rings. The van der Waals surface area contributed by atoms with E-state index in [0.29, 0.717) is 27.5 Å². The third-order valence-electron chi connectivity index (χ3n) is 9.28. The molecule has 2 aromatic carbocycles. The Labute approximate surface area is 361 Å². The van der Waals surface area contributed by atoms with Crippen molar-refractivity contribution < 1.29 is 57.6 Å². The lowest BCUT2D eigenvalue weighted by atomic mass is 9.90. The van der Waals surface area contributed by atoms with Crippen LogP contribution in [0.1, 0.15) is 83.4 Å². The second-order valence-corrected chi connectivity index (χ2v) is 16.9. The first kappa shape index (κ1) is 49.5. The zero-order valence-corrected chi connectivity index (χ0v) is 36.8. The molecule has 7 atom stereocenters. The summed E-state index contributed by atoms with van der Waals surface area (Å²) in [5, 5.41) is 18.6. The quantitative estimate of drug-likeness (QED) is 0.112. The number of rotatable bonds is 13. The van der Waals surface area contributed by atoms with Gasteiger partial charge < -0.3 is 44.7 Å². The van der Waals surface area contributed by atoms with E-state index in [1.54, 1.807) is 70.2 Å². The molecule has 3 amide bonds. The van der Waals surface area contributed by atoms with Crippen molar-refractivity contribution in [3.05, 3.63) is 76.3 Å². The number of cyclic esters (lactones) is 2. The van der Waals surface area contributed by atoms with Crippen molar-refractivity contribution >= 4 is 59.0 Å². The molecule has 0 saturated carbocycles. The van der Waals surface area contributed by atoms with Crippen molar-refractivity contribution in [1.82, 2.24) is 16.0 Å². The van der Waals surface area contributed by atoms with E-state index in [4.69, 9.17) is 46.9 Å². The fraction of sp³-hybridized carbons (Fsp3) is 0.535. The largest absolute Gasteiger partial charge is 0.495 e. The molecular weight excluding hydrogens is 821 g/mol. The molecule has 2 aromatic rings. The number of carbonyl (C=O) groups excluding carboxylic acids is 6. The van der Waals surface area contributed by atoms with E-state index in [9.17, 15) is 33.9 Å². The predicted molar refractivity (Wildman–Crippen MR) is 223 cm³/mol. The second-order valence-electron chi connectivity index (χ2n) is 16.1. The highest BCUT2D eigenvalue weighted by molar-refractivity contribution is 6.32. The number of alkyl carbamates (subject to hydrolysis) is 1. The molecule has 60 heavy (non-hydrogen) atoms. The number of nitrogens with one attached hydrogen (secondary N) is 3. The van der Waals surface area contributed by atoms with Gasteiger partial charge in [-0.3, -0.25) is 19.2 Å². The lowest BCUT2D eigenvalue weighted by molar-refractivity contribution is -0.177. The summed E-state index contributed by atoms with van der Waals surface area (Å²) in [7, 11) is 1.47. The molecule has 7 unspecified atom stereocenters. The second kappa shape index (κ2) is 23.2. The van der Waals surface area contributed by atoms with Gasteiger partial charge >= 0.3 is 24.0 Å². The van der Waals surface area contributed by atoms with E-state index >= 15 is 0 Å². The fourth-order valence-electron chi connectivity index (χ4n) is 5.90. The number of amides is 3. The Balaban J connectivity index is 1.80. The molecular formula is C43H57Cl2N3O12. The van der Waals surface area contributed by atoms with Crippen molar-refractivity contribution in [2.75, 3.05) is 20.2 Å². The van der Waals surface area contributed by atoms with Gasteiger partial charge in [0.05, 0.1) is 29.5 Å². The Morgan fingerprint density at radius 2 is 1.67 bits per heavy atom. The third kappa shape index (κ3) is 16.3. The van der Waals surface area contributed by atoms with Crippen LogP contribution in [0.5, 0.6) is 5.75 Å². The molecule has 1 aliphatic heterocycles. The van der Waals surface area contributed by atoms with Gasteiger partial charge in [0.2, 0.25) is 11.8 Å². The Hall–Kier alpha value is -4.86. The maximum Gasteiger partial charge on any atom is 0.408 e. The number of aliphatic hydroxyl groups excluding tert-OH is 1. The van der Waals surface area contributed by atoms with Crippen LogP contribution >= 0.6 is 23.2 Å². The maximum absolute atomic E-state index is 13.7. The topological polar surface area (TPSA) is 205 Å². The predicted octanol–water partition coefficient (Wildman–Crippen LogP) is 5.50. The zero-order chi connectivity index (χ0) is 44.7. The van der Waals surface area contributed by atoms with Gasteiger partial charge in [0, 0.05) is 25.3 Å². The van der Waals surface area contributed by atoms with Crippen LogP contribution in [0.4, 0.5) is 4.79 Å². The normalized spacial score (nSPS) is 21.6. The van der Waals surface area contributed by atoms with Gasteiger partial charge in [-0.25, -0.2) is 9.59 Å². The van der Waals surface area contributed by atoms with E-state index in [2.05, 4.69) is 16.0 Å². The monoisotopic (exact) mass is 877 g/mol. The van der Waals surface area contributed by atoms with Crippen molar-refractivity contribution in [2.45, 2.75) is 110 Å². The number of esters is 3. The van der Waals surface area contributed by atoms with Gasteiger partial charge in [0.25, 0.3) is 0 Å². The van der Waals surface area contributed by atoms with Crippen LogP contribution in [0.25, 0.3) is 0 Å². The van der Waals surface area contributed by atoms with Crippen LogP contribution < -0.4 is 20.7 Å². The van der Waals surface area contributed by atoms with E-state index < -0.39 is 83.0 Å². The molecule has 1 heterocycles. The van der Waals surface area contributed by atoms with E-state index in [0.717, 1.165) is 0 Å². The first-order chi connectivity index (χ1) is 28.2. The average molecular weight is 879 g/mol. The van der Waals surface area contributed by atoms with Gasteiger partial charge in [-0.15, -0.1) is 11.6 Å². The van der Waals surface area contributed by atoms with Gasteiger partial charge in [0.15, 0.2) is 6.10 Å². The summed E-state index contributed by atoms with van der Waals surface area (Å²) in [6.07, 6.45) is -1.59. The minimum Gasteiger partial charge on any atom is -0.495 e. The van der Waals surface area contributed by atoms with Crippen molar-refractivity contribution in [3.63, 3.8) is 0 Å². The average Bonchev–Trinajstić information content (AvgIpc) is 3.18. The standard InChI is InChI=1S/C43H57Cl2N3O12/c1-24(2)18-34-41(54)58-32(26(4)38(51)37(45)29-15-12-27(13-16-29)23-57-36(50)22-47-42(55)60-43(5,6)7)10-9-11-35(49)48-31(39(52)46-21-25(3)40(53)59-34)20-28-14-17-33(56-8)30(44)19-28/h9,11-17,19,24-26,31-32,34,37-38,51H,10,18,20-23H2,1-8H3,(H,46,52)(H,47,55)(H,48,49)/b11-9+. The van der Waals surface area contributed by atoms with E-state index in [1.807, 2.05) is 13.8 Å². The van der Waals surface area contributed by atoms with Crippen LogP contribution in [0.2, 0.25) is 5.02 Å². The number of alkyl halides is 1. The molecule has 0 aromatic heterocycles. The number of ether oxygens (including phenoxy) is 5. The molecule has 17 heteroatoms.